The van der Waals surface area contributed by atoms with E-state index in [1.165, 1.54) is 12.1 Å². The number of hydrogen-bond acceptors (Lipinski definition) is 5. The Kier molecular flexibility index (Phi) is 5.13. The predicted octanol–water partition coefficient (Wildman–Crippen LogP) is 0.506. The molecule has 1 aliphatic rings. The van der Waals surface area contributed by atoms with Gasteiger partial charge < -0.3 is 20.3 Å². The quantitative estimate of drug-likeness (QED) is 0.684. The second kappa shape index (κ2) is 7.05. The summed E-state index contributed by atoms with van der Waals surface area (Å²) in [6.07, 6.45) is -0.129. The van der Waals surface area contributed by atoms with Crippen LogP contribution in [0.3, 0.4) is 0 Å². The van der Waals surface area contributed by atoms with Crippen molar-refractivity contribution in [2.24, 2.45) is 0 Å². The Bertz CT molecular complexity index is 497. The van der Waals surface area contributed by atoms with E-state index in [9.17, 15) is 19.8 Å². The Balaban J connectivity index is 1.94. The number of carbonyl (C=O) groups excluding carboxylic acids is 1. The van der Waals surface area contributed by atoms with Crippen molar-refractivity contribution in [3.05, 3.63) is 24.3 Å². The molecule has 0 bridgehead atoms. The summed E-state index contributed by atoms with van der Waals surface area (Å²) in [6, 6.07) is 5.15. The summed E-state index contributed by atoms with van der Waals surface area (Å²) in [5.41, 5.74) is 0.518. The van der Waals surface area contributed by atoms with Gasteiger partial charge in [-0.25, -0.2) is 0 Å². The van der Waals surface area contributed by atoms with Crippen molar-refractivity contribution in [2.45, 2.75) is 12.5 Å². The summed E-state index contributed by atoms with van der Waals surface area (Å²) in [6.45, 7) is 1.96. The fraction of sp³-hybridized carbons (Fsp3) is 0.429. The Morgan fingerprint density at radius 3 is 2.43 bits per heavy atom. The lowest BCUT2D eigenvalue weighted by atomic mass is 10.1. The van der Waals surface area contributed by atoms with E-state index in [1.807, 2.05) is 0 Å². The monoisotopic (exact) mass is 294 g/mol. The van der Waals surface area contributed by atoms with Gasteiger partial charge in [-0.2, -0.15) is 0 Å². The first-order chi connectivity index (χ1) is 10.1. The van der Waals surface area contributed by atoms with Crippen LogP contribution in [0.1, 0.15) is 6.42 Å². The number of aromatic hydroxyl groups is 1. The maximum Gasteiger partial charge on any atom is 0.321 e. The van der Waals surface area contributed by atoms with Gasteiger partial charge in [0, 0.05) is 18.8 Å². The van der Waals surface area contributed by atoms with E-state index >= 15 is 0 Å². The van der Waals surface area contributed by atoms with E-state index in [-0.39, 0.29) is 18.1 Å². The van der Waals surface area contributed by atoms with Gasteiger partial charge in [0.05, 0.1) is 19.6 Å². The lowest BCUT2D eigenvalue weighted by molar-refractivity contribution is -0.147. The zero-order valence-corrected chi connectivity index (χ0v) is 11.5. The Morgan fingerprint density at radius 1 is 1.24 bits per heavy atom. The molecule has 1 aromatic rings. The molecule has 1 heterocycles. The summed E-state index contributed by atoms with van der Waals surface area (Å²) in [4.78, 5) is 25.0. The number of carboxylic acid groups (broad SMARTS) is 1. The summed E-state index contributed by atoms with van der Waals surface area (Å²) >= 11 is 0. The Labute approximate surface area is 122 Å². The molecule has 1 atom stereocenters. The third kappa shape index (κ3) is 4.44. The van der Waals surface area contributed by atoms with Crippen LogP contribution in [-0.4, -0.2) is 59.3 Å². The van der Waals surface area contributed by atoms with Crippen LogP contribution in [0.5, 0.6) is 5.75 Å². The summed E-state index contributed by atoms with van der Waals surface area (Å²) in [7, 11) is 0. The normalized spacial score (nSPS) is 17.1. The first kappa shape index (κ1) is 15.3. The molecule has 7 heteroatoms. The number of rotatable bonds is 5. The van der Waals surface area contributed by atoms with Gasteiger partial charge in [0.1, 0.15) is 11.8 Å². The number of benzene rings is 1. The van der Waals surface area contributed by atoms with Crippen LogP contribution in [0, 0.1) is 0 Å². The summed E-state index contributed by atoms with van der Waals surface area (Å²) < 4.78 is 5.18. The second-order valence-electron chi connectivity index (χ2n) is 4.80. The fourth-order valence-corrected chi connectivity index (χ4v) is 2.19. The molecule has 0 spiro atoms. The standard InChI is InChI=1S/C14H18N2O5/c17-11-3-1-10(2-4-11)15-13(18)9-12(14(19)20)16-5-7-21-8-6-16/h1-4,12,17H,5-9H2,(H,15,18)(H,19,20). The molecule has 1 aromatic carbocycles. The predicted molar refractivity (Wildman–Crippen MR) is 75.2 cm³/mol. The van der Waals surface area contributed by atoms with Gasteiger partial charge in [0.25, 0.3) is 0 Å². The van der Waals surface area contributed by atoms with Crippen LogP contribution in [0.15, 0.2) is 24.3 Å². The number of carboxylic acids is 1. The van der Waals surface area contributed by atoms with Crippen molar-refractivity contribution in [3.8, 4) is 5.75 Å². The molecule has 1 saturated heterocycles. The number of phenolic OH excluding ortho intramolecular Hbond substituents is 1. The number of nitrogens with zero attached hydrogens (tertiary/aromatic N) is 1. The van der Waals surface area contributed by atoms with Crippen molar-refractivity contribution in [1.29, 1.82) is 0 Å². The van der Waals surface area contributed by atoms with Gasteiger partial charge in [0.15, 0.2) is 0 Å². The lowest BCUT2D eigenvalue weighted by Crippen LogP contribution is -2.48. The molecular formula is C14H18N2O5. The molecular weight excluding hydrogens is 276 g/mol. The SMILES string of the molecule is O=C(CC(C(=O)O)N1CCOCC1)Nc1ccc(O)cc1. The van der Waals surface area contributed by atoms with Gasteiger partial charge in [-0.1, -0.05) is 0 Å². The minimum atomic E-state index is -1.02. The van der Waals surface area contributed by atoms with E-state index in [2.05, 4.69) is 5.32 Å². The van der Waals surface area contributed by atoms with Crippen molar-refractivity contribution in [2.75, 3.05) is 31.6 Å². The first-order valence-corrected chi connectivity index (χ1v) is 6.70. The van der Waals surface area contributed by atoms with Gasteiger partial charge >= 0.3 is 5.97 Å². The molecule has 1 aliphatic heterocycles. The Morgan fingerprint density at radius 2 is 1.86 bits per heavy atom. The zero-order valence-electron chi connectivity index (χ0n) is 11.5. The fourth-order valence-electron chi connectivity index (χ4n) is 2.19. The van der Waals surface area contributed by atoms with Gasteiger partial charge in [0.2, 0.25) is 5.91 Å². The van der Waals surface area contributed by atoms with Crippen molar-refractivity contribution < 1.29 is 24.5 Å². The van der Waals surface area contributed by atoms with Crippen LogP contribution in [-0.2, 0) is 14.3 Å². The molecule has 0 aromatic heterocycles. The topological polar surface area (TPSA) is 99.1 Å². The van der Waals surface area contributed by atoms with E-state index in [0.717, 1.165) is 0 Å². The molecule has 1 unspecified atom stereocenters. The van der Waals surface area contributed by atoms with Crippen molar-refractivity contribution >= 4 is 17.6 Å². The minimum absolute atomic E-state index is 0.102. The highest BCUT2D eigenvalue weighted by Crippen LogP contribution is 2.15. The third-order valence-electron chi connectivity index (χ3n) is 3.30. The maximum atomic E-state index is 12.0. The van der Waals surface area contributed by atoms with Crippen LogP contribution in [0.4, 0.5) is 5.69 Å². The number of amides is 1. The van der Waals surface area contributed by atoms with Crippen LogP contribution >= 0.6 is 0 Å². The van der Waals surface area contributed by atoms with Crippen LogP contribution in [0.2, 0.25) is 0 Å². The molecule has 7 nitrogen and oxygen atoms in total. The Hall–Kier alpha value is -2.12. The molecule has 1 amide bonds. The molecule has 0 saturated carbocycles. The lowest BCUT2D eigenvalue weighted by Gasteiger charge is -2.31. The van der Waals surface area contributed by atoms with Gasteiger partial charge in [-0.15, -0.1) is 0 Å². The van der Waals surface area contributed by atoms with Gasteiger partial charge in [-0.05, 0) is 24.3 Å². The average molecular weight is 294 g/mol. The average Bonchev–Trinajstić information content (AvgIpc) is 2.48. The van der Waals surface area contributed by atoms with Crippen LogP contribution in [0.25, 0.3) is 0 Å². The van der Waals surface area contributed by atoms with E-state index < -0.39 is 12.0 Å². The van der Waals surface area contributed by atoms with Gasteiger partial charge in [-0.3, -0.25) is 14.5 Å². The third-order valence-corrected chi connectivity index (χ3v) is 3.30. The van der Waals surface area contributed by atoms with Crippen molar-refractivity contribution in [3.63, 3.8) is 0 Å². The zero-order chi connectivity index (χ0) is 15.2. The van der Waals surface area contributed by atoms with E-state index in [4.69, 9.17) is 4.74 Å². The van der Waals surface area contributed by atoms with E-state index in [0.29, 0.717) is 32.0 Å². The number of hydrogen-bond donors (Lipinski definition) is 3. The first-order valence-electron chi connectivity index (χ1n) is 6.70. The highest BCUT2D eigenvalue weighted by molar-refractivity contribution is 5.94. The number of phenols is 1. The smallest absolute Gasteiger partial charge is 0.321 e. The molecule has 21 heavy (non-hydrogen) atoms. The van der Waals surface area contributed by atoms with Crippen molar-refractivity contribution in [1.82, 2.24) is 4.90 Å². The molecule has 0 radical (unpaired) electrons. The van der Waals surface area contributed by atoms with E-state index in [1.54, 1.807) is 17.0 Å². The number of carbonyl (C=O) groups is 2. The largest absolute Gasteiger partial charge is 0.508 e. The second-order valence-corrected chi connectivity index (χ2v) is 4.80. The number of aliphatic carboxylic acids is 1. The highest BCUT2D eigenvalue weighted by atomic mass is 16.5. The minimum Gasteiger partial charge on any atom is -0.508 e. The van der Waals surface area contributed by atoms with Crippen LogP contribution < -0.4 is 5.32 Å². The summed E-state index contributed by atoms with van der Waals surface area (Å²) in [5, 5.41) is 21.1. The number of nitrogens with one attached hydrogen (secondary N) is 1. The summed E-state index contributed by atoms with van der Waals surface area (Å²) in [5.74, 6) is -1.29. The molecule has 0 aliphatic carbocycles. The molecule has 114 valence electrons. The molecule has 3 N–H and O–H groups in total. The highest BCUT2D eigenvalue weighted by Gasteiger charge is 2.29. The number of anilines is 1. The molecule has 1 fully saturated rings. The molecule has 2 rings (SSSR count). The number of ether oxygens (including phenoxy) is 1. The maximum absolute atomic E-state index is 12.0. The number of morpholine rings is 1.